The number of oxime groups is 1. The predicted octanol–water partition coefficient (Wildman–Crippen LogP) is 2.94. The molecule has 0 radical (unpaired) electrons. The standard InChI is InChI=1S/C12H9N3O3S/c1-2-10(19-5-1)6-13-17-8-11-14-12(15-18-11)9-3-4-16-7-9/h1-7H,8H2/b13-6+. The number of thiophene rings is 1. The van der Waals surface area contributed by atoms with E-state index in [2.05, 4.69) is 15.3 Å². The molecule has 0 aliphatic rings. The van der Waals surface area contributed by atoms with Crippen molar-refractivity contribution in [3.8, 4) is 11.4 Å². The third kappa shape index (κ3) is 2.89. The molecule has 3 aromatic rings. The molecule has 0 bridgehead atoms. The quantitative estimate of drug-likeness (QED) is 0.528. The highest BCUT2D eigenvalue weighted by molar-refractivity contribution is 7.11. The minimum Gasteiger partial charge on any atom is -0.472 e. The molecule has 0 aliphatic heterocycles. The van der Waals surface area contributed by atoms with Crippen molar-refractivity contribution in [1.82, 2.24) is 10.1 Å². The number of aromatic nitrogens is 2. The molecule has 0 atom stereocenters. The van der Waals surface area contributed by atoms with Gasteiger partial charge in [-0.2, -0.15) is 4.98 Å². The highest BCUT2D eigenvalue weighted by Crippen LogP contribution is 2.15. The van der Waals surface area contributed by atoms with Crippen molar-refractivity contribution in [2.24, 2.45) is 5.16 Å². The largest absolute Gasteiger partial charge is 0.472 e. The first-order valence-corrected chi connectivity index (χ1v) is 6.34. The molecule has 19 heavy (non-hydrogen) atoms. The Morgan fingerprint density at radius 3 is 3.21 bits per heavy atom. The Bertz CT molecular complexity index is 644. The monoisotopic (exact) mass is 275 g/mol. The van der Waals surface area contributed by atoms with Gasteiger partial charge in [0.15, 0.2) is 6.61 Å². The molecule has 0 fully saturated rings. The Balaban J connectivity index is 1.56. The fourth-order valence-electron chi connectivity index (χ4n) is 1.37. The van der Waals surface area contributed by atoms with Crippen molar-refractivity contribution in [1.29, 1.82) is 0 Å². The van der Waals surface area contributed by atoms with Crippen molar-refractivity contribution >= 4 is 17.6 Å². The Labute approximate surface area is 112 Å². The molecule has 0 saturated heterocycles. The molecule has 3 aromatic heterocycles. The van der Waals surface area contributed by atoms with E-state index in [1.807, 2.05) is 17.5 Å². The third-order valence-corrected chi connectivity index (χ3v) is 3.04. The molecule has 3 rings (SSSR count). The molecule has 7 heteroatoms. The predicted molar refractivity (Wildman–Crippen MR) is 68.7 cm³/mol. The first-order valence-electron chi connectivity index (χ1n) is 5.46. The van der Waals surface area contributed by atoms with Crippen LogP contribution in [0.4, 0.5) is 0 Å². The lowest BCUT2D eigenvalue weighted by atomic mass is 10.3. The van der Waals surface area contributed by atoms with Gasteiger partial charge in [-0.05, 0) is 17.5 Å². The van der Waals surface area contributed by atoms with Crippen molar-refractivity contribution < 1.29 is 13.8 Å². The summed E-state index contributed by atoms with van der Waals surface area (Å²) >= 11 is 1.58. The zero-order chi connectivity index (χ0) is 12.9. The van der Waals surface area contributed by atoms with E-state index in [0.29, 0.717) is 11.7 Å². The van der Waals surface area contributed by atoms with Crippen LogP contribution in [0.15, 0.2) is 50.2 Å². The van der Waals surface area contributed by atoms with E-state index < -0.39 is 0 Å². The minimum atomic E-state index is 0.132. The zero-order valence-corrected chi connectivity index (χ0v) is 10.5. The second kappa shape index (κ2) is 5.49. The fraction of sp³-hybridized carbons (Fsp3) is 0.0833. The Morgan fingerprint density at radius 2 is 2.42 bits per heavy atom. The topological polar surface area (TPSA) is 73.7 Å². The van der Waals surface area contributed by atoms with Crippen LogP contribution >= 0.6 is 11.3 Å². The number of furan rings is 1. The van der Waals surface area contributed by atoms with Gasteiger partial charge in [-0.25, -0.2) is 0 Å². The van der Waals surface area contributed by atoms with Gasteiger partial charge in [0.1, 0.15) is 6.26 Å². The van der Waals surface area contributed by atoms with Crippen LogP contribution < -0.4 is 0 Å². The average Bonchev–Trinajstić information content (AvgIpc) is 3.15. The smallest absolute Gasteiger partial charge is 0.267 e. The second-order valence-corrected chi connectivity index (χ2v) is 4.53. The molecule has 0 spiro atoms. The third-order valence-electron chi connectivity index (χ3n) is 2.23. The molecule has 0 aliphatic carbocycles. The summed E-state index contributed by atoms with van der Waals surface area (Å²) in [4.78, 5) is 10.3. The van der Waals surface area contributed by atoms with Crippen LogP contribution in [0.1, 0.15) is 10.8 Å². The van der Waals surface area contributed by atoms with Gasteiger partial charge in [0.25, 0.3) is 5.89 Å². The molecule has 96 valence electrons. The average molecular weight is 275 g/mol. The SMILES string of the molecule is C(=N\OCc1nc(-c2ccoc2)no1)/c1cccs1. The summed E-state index contributed by atoms with van der Waals surface area (Å²) in [5.41, 5.74) is 0.761. The van der Waals surface area contributed by atoms with E-state index in [0.717, 1.165) is 10.4 Å². The van der Waals surface area contributed by atoms with Gasteiger partial charge < -0.3 is 13.8 Å². The van der Waals surface area contributed by atoms with E-state index in [4.69, 9.17) is 13.8 Å². The van der Waals surface area contributed by atoms with Gasteiger partial charge in [0, 0.05) is 4.88 Å². The molecular formula is C12H9N3O3S. The first-order chi connectivity index (χ1) is 9.42. The van der Waals surface area contributed by atoms with Crippen molar-refractivity contribution in [3.05, 3.63) is 46.9 Å². The van der Waals surface area contributed by atoms with E-state index in [1.165, 1.54) is 0 Å². The van der Waals surface area contributed by atoms with Crippen LogP contribution in [-0.4, -0.2) is 16.4 Å². The van der Waals surface area contributed by atoms with E-state index in [9.17, 15) is 0 Å². The maximum atomic E-state index is 5.08. The van der Waals surface area contributed by atoms with Gasteiger partial charge in [0.05, 0.1) is 18.0 Å². The van der Waals surface area contributed by atoms with Crippen LogP contribution in [0.3, 0.4) is 0 Å². The lowest BCUT2D eigenvalue weighted by Gasteiger charge is -1.91. The van der Waals surface area contributed by atoms with Gasteiger partial charge >= 0.3 is 0 Å². The summed E-state index contributed by atoms with van der Waals surface area (Å²) in [6, 6.07) is 5.65. The van der Waals surface area contributed by atoms with Gasteiger partial charge in [0.2, 0.25) is 5.82 Å². The van der Waals surface area contributed by atoms with Crippen LogP contribution in [0.2, 0.25) is 0 Å². The van der Waals surface area contributed by atoms with E-state index in [-0.39, 0.29) is 6.61 Å². The van der Waals surface area contributed by atoms with Crippen LogP contribution in [-0.2, 0) is 11.4 Å². The summed E-state index contributed by atoms with van der Waals surface area (Å²) < 4.78 is 9.97. The highest BCUT2D eigenvalue weighted by Gasteiger charge is 2.09. The summed E-state index contributed by atoms with van der Waals surface area (Å²) in [7, 11) is 0. The summed E-state index contributed by atoms with van der Waals surface area (Å²) in [5, 5.41) is 9.60. The van der Waals surface area contributed by atoms with Crippen LogP contribution in [0, 0.1) is 0 Å². The van der Waals surface area contributed by atoms with E-state index >= 15 is 0 Å². The Kier molecular flexibility index (Phi) is 3.37. The molecule has 0 saturated carbocycles. The van der Waals surface area contributed by atoms with Gasteiger partial charge in [-0.1, -0.05) is 16.4 Å². The molecule has 0 N–H and O–H groups in total. The fourth-order valence-corrected chi connectivity index (χ4v) is 1.94. The molecule has 3 heterocycles. The van der Waals surface area contributed by atoms with Crippen LogP contribution in [0.25, 0.3) is 11.4 Å². The summed E-state index contributed by atoms with van der Waals surface area (Å²) in [5.74, 6) is 0.828. The number of nitrogens with zero attached hydrogens (tertiary/aromatic N) is 3. The maximum Gasteiger partial charge on any atom is 0.267 e. The molecule has 6 nitrogen and oxygen atoms in total. The second-order valence-electron chi connectivity index (χ2n) is 3.55. The number of rotatable bonds is 5. The van der Waals surface area contributed by atoms with Crippen molar-refractivity contribution in [2.45, 2.75) is 6.61 Å². The molecule has 0 aromatic carbocycles. The molecular weight excluding hydrogens is 266 g/mol. The lowest BCUT2D eigenvalue weighted by Crippen LogP contribution is -1.87. The van der Waals surface area contributed by atoms with Crippen LogP contribution in [0.5, 0.6) is 0 Å². The first kappa shape index (κ1) is 11.7. The van der Waals surface area contributed by atoms with Gasteiger partial charge in [-0.15, -0.1) is 11.3 Å². The van der Waals surface area contributed by atoms with Crippen molar-refractivity contribution in [3.63, 3.8) is 0 Å². The number of hydrogen-bond donors (Lipinski definition) is 0. The normalized spacial score (nSPS) is 11.2. The summed E-state index contributed by atoms with van der Waals surface area (Å²) in [6.07, 6.45) is 4.73. The Hall–Kier alpha value is -2.41. The molecule has 0 unspecified atom stereocenters. The van der Waals surface area contributed by atoms with Crippen molar-refractivity contribution in [2.75, 3.05) is 0 Å². The summed E-state index contributed by atoms with van der Waals surface area (Å²) in [6.45, 7) is 0.132. The minimum absolute atomic E-state index is 0.132. The van der Waals surface area contributed by atoms with E-state index in [1.54, 1.807) is 36.1 Å². The zero-order valence-electron chi connectivity index (χ0n) is 9.72. The number of hydrogen-bond acceptors (Lipinski definition) is 7. The maximum absolute atomic E-state index is 5.08. The van der Waals surface area contributed by atoms with Gasteiger partial charge in [-0.3, -0.25) is 0 Å². The molecule has 0 amide bonds. The highest BCUT2D eigenvalue weighted by atomic mass is 32.1. The lowest BCUT2D eigenvalue weighted by molar-refractivity contribution is 0.107. The Morgan fingerprint density at radius 1 is 1.42 bits per heavy atom.